The van der Waals surface area contributed by atoms with Crippen molar-refractivity contribution >= 4 is 31.8 Å². The lowest BCUT2D eigenvalue weighted by Crippen LogP contribution is -2.40. The number of carbonyl (C=O) groups is 1. The van der Waals surface area contributed by atoms with Gasteiger partial charge in [0.2, 0.25) is 26.0 Å². The van der Waals surface area contributed by atoms with Crippen molar-refractivity contribution in [1.82, 2.24) is 13.6 Å². The zero-order valence-corrected chi connectivity index (χ0v) is 18.8. The second-order valence-electron chi connectivity index (χ2n) is 6.96. The van der Waals surface area contributed by atoms with E-state index in [1.54, 1.807) is 25.1 Å². The molecule has 12 heteroatoms. The number of carbonyl (C=O) groups excluding carboxylic acids is 1. The van der Waals surface area contributed by atoms with Gasteiger partial charge in [-0.25, -0.2) is 21.8 Å². The van der Waals surface area contributed by atoms with E-state index in [1.807, 2.05) is 0 Å². The highest BCUT2D eigenvalue weighted by molar-refractivity contribution is 7.89. The normalized spacial score (nSPS) is 15.7. The Morgan fingerprint density at radius 1 is 1.06 bits per heavy atom. The van der Waals surface area contributed by atoms with Crippen LogP contribution in [0.1, 0.15) is 5.69 Å². The van der Waals surface area contributed by atoms with Crippen molar-refractivity contribution in [3.05, 3.63) is 48.2 Å². The number of aromatic nitrogens is 1. The lowest BCUT2D eigenvalue weighted by atomic mass is 10.4. The van der Waals surface area contributed by atoms with E-state index in [0.29, 0.717) is 24.7 Å². The molecule has 0 bridgehead atoms. The molecule has 0 unspecified atom stereocenters. The Morgan fingerprint density at radius 3 is 2.29 bits per heavy atom. The Labute approximate surface area is 181 Å². The summed E-state index contributed by atoms with van der Waals surface area (Å²) in [6.45, 7) is 2.47. The van der Waals surface area contributed by atoms with Crippen molar-refractivity contribution in [1.29, 1.82) is 0 Å². The molecule has 10 nitrogen and oxygen atoms in total. The molecule has 31 heavy (non-hydrogen) atoms. The van der Waals surface area contributed by atoms with Crippen LogP contribution in [0.5, 0.6) is 0 Å². The van der Waals surface area contributed by atoms with Gasteiger partial charge in [-0.3, -0.25) is 4.79 Å². The van der Waals surface area contributed by atoms with Crippen LogP contribution in [0.4, 0.5) is 5.82 Å². The van der Waals surface area contributed by atoms with Crippen LogP contribution in [-0.4, -0.2) is 76.2 Å². The number of nitrogens with zero attached hydrogens (tertiary/aromatic N) is 3. The van der Waals surface area contributed by atoms with E-state index in [1.165, 1.54) is 35.6 Å². The molecule has 0 spiro atoms. The smallest absolute Gasteiger partial charge is 0.243 e. The van der Waals surface area contributed by atoms with Gasteiger partial charge in [0.1, 0.15) is 5.82 Å². The standard InChI is InChI=1S/C19H24N4O6S2/c1-15-4-3-5-18(20-15)21-19(24)14-22(2)30(25,26)16-6-8-17(9-7-16)31(27,28)23-10-12-29-13-11-23/h3-9H,10-14H2,1-2H3,(H,20,21,24). The van der Waals surface area contributed by atoms with E-state index < -0.39 is 32.5 Å². The van der Waals surface area contributed by atoms with Gasteiger partial charge in [-0.2, -0.15) is 8.61 Å². The number of aryl methyl sites for hydroxylation is 1. The zero-order chi connectivity index (χ0) is 22.6. The van der Waals surface area contributed by atoms with Gasteiger partial charge in [-0.15, -0.1) is 0 Å². The lowest BCUT2D eigenvalue weighted by Gasteiger charge is -2.26. The maximum absolute atomic E-state index is 12.8. The highest BCUT2D eigenvalue weighted by Crippen LogP contribution is 2.21. The number of likely N-dealkylation sites (N-methyl/N-ethyl adjacent to an activating group) is 1. The van der Waals surface area contributed by atoms with Crippen molar-refractivity contribution in [3.63, 3.8) is 0 Å². The molecule has 1 aliphatic heterocycles. The molecule has 0 radical (unpaired) electrons. The molecule has 168 valence electrons. The van der Waals surface area contributed by atoms with E-state index in [4.69, 9.17) is 4.74 Å². The number of nitrogens with one attached hydrogen (secondary N) is 1. The number of sulfonamides is 2. The Hall–Kier alpha value is -2.38. The zero-order valence-electron chi connectivity index (χ0n) is 17.2. The SMILES string of the molecule is Cc1cccc(NC(=O)CN(C)S(=O)(=O)c2ccc(S(=O)(=O)N3CCOCC3)cc2)n1. The maximum atomic E-state index is 12.8. The summed E-state index contributed by atoms with van der Waals surface area (Å²) in [5.41, 5.74) is 0.714. The highest BCUT2D eigenvalue weighted by Gasteiger charge is 2.28. The first-order valence-electron chi connectivity index (χ1n) is 9.48. The molecule has 1 aromatic carbocycles. The maximum Gasteiger partial charge on any atom is 0.243 e. The third kappa shape index (κ3) is 5.46. The summed E-state index contributed by atoms with van der Waals surface area (Å²) >= 11 is 0. The molecule has 2 heterocycles. The monoisotopic (exact) mass is 468 g/mol. The van der Waals surface area contributed by atoms with E-state index >= 15 is 0 Å². The Balaban J connectivity index is 1.70. The van der Waals surface area contributed by atoms with Crippen molar-refractivity contribution in [2.75, 3.05) is 45.2 Å². The summed E-state index contributed by atoms with van der Waals surface area (Å²) in [6.07, 6.45) is 0. The number of hydrogen-bond acceptors (Lipinski definition) is 7. The Bertz CT molecular complexity index is 1140. The average molecular weight is 469 g/mol. The second-order valence-corrected chi connectivity index (χ2v) is 10.9. The van der Waals surface area contributed by atoms with Crippen LogP contribution >= 0.6 is 0 Å². The van der Waals surface area contributed by atoms with Gasteiger partial charge in [-0.05, 0) is 43.3 Å². The first kappa shape index (κ1) is 23.3. The number of hydrogen-bond donors (Lipinski definition) is 1. The molecule has 1 fully saturated rings. The summed E-state index contributed by atoms with van der Waals surface area (Å²) in [7, 11) is -6.45. The lowest BCUT2D eigenvalue weighted by molar-refractivity contribution is -0.116. The topological polar surface area (TPSA) is 126 Å². The van der Waals surface area contributed by atoms with Gasteiger partial charge >= 0.3 is 0 Å². The first-order chi connectivity index (χ1) is 14.6. The molecule has 1 aliphatic rings. The van der Waals surface area contributed by atoms with Crippen molar-refractivity contribution in [2.24, 2.45) is 0 Å². The minimum absolute atomic E-state index is 0.000678. The van der Waals surface area contributed by atoms with Crippen LogP contribution in [0.3, 0.4) is 0 Å². The molecule has 0 aliphatic carbocycles. The van der Waals surface area contributed by atoms with Crippen LogP contribution in [0, 0.1) is 6.92 Å². The molecular formula is C19H24N4O6S2. The third-order valence-electron chi connectivity index (χ3n) is 4.66. The largest absolute Gasteiger partial charge is 0.379 e. The molecule has 0 atom stereocenters. The van der Waals surface area contributed by atoms with E-state index in [2.05, 4.69) is 10.3 Å². The summed E-state index contributed by atoms with van der Waals surface area (Å²) in [5.74, 6) is -0.218. The number of anilines is 1. The number of pyridine rings is 1. The average Bonchev–Trinajstić information content (AvgIpc) is 2.74. The molecule has 1 saturated heterocycles. The predicted octanol–water partition coefficient (Wildman–Crippen LogP) is 0.670. The quantitative estimate of drug-likeness (QED) is 0.633. The number of benzene rings is 1. The van der Waals surface area contributed by atoms with Crippen molar-refractivity contribution < 1.29 is 26.4 Å². The minimum Gasteiger partial charge on any atom is -0.379 e. The highest BCUT2D eigenvalue weighted by atomic mass is 32.2. The van der Waals surface area contributed by atoms with Gasteiger partial charge < -0.3 is 10.1 Å². The number of rotatable bonds is 7. The van der Waals surface area contributed by atoms with Crippen LogP contribution < -0.4 is 5.32 Å². The number of amides is 1. The summed E-state index contributed by atoms with van der Waals surface area (Å²) in [5, 5.41) is 2.55. The van der Waals surface area contributed by atoms with E-state index in [9.17, 15) is 21.6 Å². The van der Waals surface area contributed by atoms with Crippen LogP contribution in [0.2, 0.25) is 0 Å². The van der Waals surface area contributed by atoms with Crippen molar-refractivity contribution in [3.8, 4) is 0 Å². The van der Waals surface area contributed by atoms with E-state index in [0.717, 1.165) is 4.31 Å². The molecule has 0 saturated carbocycles. The van der Waals surface area contributed by atoms with Gasteiger partial charge in [-0.1, -0.05) is 6.07 Å². The van der Waals surface area contributed by atoms with Gasteiger partial charge in [0.15, 0.2) is 0 Å². The molecule has 1 aromatic heterocycles. The fourth-order valence-electron chi connectivity index (χ4n) is 2.98. The molecule has 2 aromatic rings. The summed E-state index contributed by atoms with van der Waals surface area (Å²) in [6, 6.07) is 10.1. The fraction of sp³-hybridized carbons (Fsp3) is 0.368. The number of morpholine rings is 1. The Morgan fingerprint density at radius 2 is 1.68 bits per heavy atom. The minimum atomic E-state index is -4.00. The molecule has 1 amide bonds. The third-order valence-corrected chi connectivity index (χ3v) is 8.39. The number of ether oxygens (including phenoxy) is 1. The van der Waals surface area contributed by atoms with Gasteiger partial charge in [0.25, 0.3) is 0 Å². The second kappa shape index (κ2) is 9.40. The van der Waals surface area contributed by atoms with Gasteiger partial charge in [0.05, 0.1) is 29.5 Å². The first-order valence-corrected chi connectivity index (χ1v) is 12.4. The Kier molecular flexibility index (Phi) is 7.06. The molecule has 3 rings (SSSR count). The van der Waals surface area contributed by atoms with Crippen molar-refractivity contribution in [2.45, 2.75) is 16.7 Å². The van der Waals surface area contributed by atoms with E-state index in [-0.39, 0.29) is 22.9 Å². The van der Waals surface area contributed by atoms with Crippen LogP contribution in [0.15, 0.2) is 52.3 Å². The molecule has 1 N–H and O–H groups in total. The fourth-order valence-corrected chi connectivity index (χ4v) is 5.52. The van der Waals surface area contributed by atoms with Gasteiger partial charge in [0, 0.05) is 25.8 Å². The summed E-state index contributed by atoms with van der Waals surface area (Å²) < 4.78 is 58.3. The predicted molar refractivity (Wildman–Crippen MR) is 113 cm³/mol. The van der Waals surface area contributed by atoms with Crippen LogP contribution in [0.25, 0.3) is 0 Å². The van der Waals surface area contributed by atoms with Crippen LogP contribution in [-0.2, 0) is 29.6 Å². The summed E-state index contributed by atoms with van der Waals surface area (Å²) in [4.78, 5) is 16.2. The molecular weight excluding hydrogens is 444 g/mol.